The number of hydrogen-bond donors (Lipinski definition) is 0. The Morgan fingerprint density at radius 1 is 0.639 bits per heavy atom. The predicted molar refractivity (Wildman–Crippen MR) is 137 cm³/mol. The van der Waals surface area contributed by atoms with Gasteiger partial charge >= 0.3 is 0 Å². The zero-order valence-corrected chi connectivity index (χ0v) is 22.1. The third-order valence-corrected chi connectivity index (χ3v) is 15.1. The molecule has 0 aliphatic heterocycles. The van der Waals surface area contributed by atoms with Gasteiger partial charge in [-0.15, -0.1) is 0 Å². The number of benzene rings is 3. The second-order valence-corrected chi connectivity index (χ2v) is 16.2. The predicted octanol–water partition coefficient (Wildman–Crippen LogP) is 4.81. The summed E-state index contributed by atoms with van der Waals surface area (Å²) in [6, 6.07) is 22.7. The van der Waals surface area contributed by atoms with E-state index in [9.17, 15) is 25.3 Å². The second-order valence-electron chi connectivity index (χ2n) is 9.48. The number of hydrogen-bond acceptors (Lipinski definition) is 6. The first-order valence-corrected chi connectivity index (χ1v) is 16.1. The molecule has 0 unspecified atom stereocenters. The highest BCUT2D eigenvalue weighted by atomic mass is 32.3. The van der Waals surface area contributed by atoms with Crippen LogP contribution in [0.25, 0.3) is 0 Å². The van der Waals surface area contributed by atoms with Crippen molar-refractivity contribution in [3.05, 3.63) is 101 Å². The van der Waals surface area contributed by atoms with E-state index >= 15 is 0 Å². The Morgan fingerprint density at radius 2 is 1.06 bits per heavy atom. The van der Waals surface area contributed by atoms with E-state index in [0.29, 0.717) is 12.0 Å². The smallest absolute Gasteiger partial charge is 0.202 e. The maximum atomic E-state index is 14.3. The molecule has 3 aromatic rings. The van der Waals surface area contributed by atoms with E-state index in [-0.39, 0.29) is 31.9 Å². The number of allylic oxidation sites excluding steroid dienone is 2. The van der Waals surface area contributed by atoms with Crippen molar-refractivity contribution in [3.63, 3.8) is 0 Å². The summed E-state index contributed by atoms with van der Waals surface area (Å²) in [6.07, 6.45) is -0.318. The summed E-state index contributed by atoms with van der Waals surface area (Å²) >= 11 is 0. The van der Waals surface area contributed by atoms with E-state index in [1.54, 1.807) is 30.3 Å². The molecular weight excluding hydrogens is 516 g/mol. The molecule has 9 heteroatoms. The zero-order valence-electron chi connectivity index (χ0n) is 19.6. The second kappa shape index (κ2) is 8.68. The lowest BCUT2D eigenvalue weighted by Gasteiger charge is -2.49. The maximum absolute atomic E-state index is 14.3. The summed E-state index contributed by atoms with van der Waals surface area (Å²) < 4.78 is 82.6. The Kier molecular flexibility index (Phi) is 6.01. The van der Waals surface area contributed by atoms with Crippen LogP contribution in [0.5, 0.6) is 0 Å². The fourth-order valence-corrected chi connectivity index (χ4v) is 12.5. The van der Waals surface area contributed by atoms with Gasteiger partial charge in [0.15, 0.2) is 23.8 Å². The van der Waals surface area contributed by atoms with Crippen molar-refractivity contribution in [2.75, 3.05) is 0 Å². The van der Waals surface area contributed by atoms with Crippen molar-refractivity contribution in [1.82, 2.24) is 0 Å². The molecular formula is C27H26O6S3. The van der Waals surface area contributed by atoms with Crippen LogP contribution in [-0.2, 0) is 29.5 Å². The average Bonchev–Trinajstić information content (AvgIpc) is 2.89. The van der Waals surface area contributed by atoms with Crippen molar-refractivity contribution in [3.8, 4) is 0 Å². The standard InChI is InChI=1S/C27H26O6S3/c1-20-17-24-25(20)18-27(35(30,31)22-13-7-3-8-14-22,36(32,33)23-15-9-4-10-16-23)19-26(24)34(28,29)21-11-5-2-6-12-21/h2-16,20,25H,17-19H2,1H3/t20-,25-/m1/s1. The van der Waals surface area contributed by atoms with Crippen LogP contribution in [0.2, 0.25) is 0 Å². The molecule has 2 atom stereocenters. The molecule has 0 N–H and O–H groups in total. The summed E-state index contributed by atoms with van der Waals surface area (Å²) in [4.78, 5) is -0.342. The third kappa shape index (κ3) is 3.59. The summed E-state index contributed by atoms with van der Waals surface area (Å²) in [6.45, 7) is 1.90. The van der Waals surface area contributed by atoms with Gasteiger partial charge in [0.05, 0.1) is 19.6 Å². The van der Waals surface area contributed by atoms with Crippen molar-refractivity contribution in [2.24, 2.45) is 11.8 Å². The van der Waals surface area contributed by atoms with Crippen LogP contribution in [0.15, 0.2) is 116 Å². The molecule has 5 rings (SSSR count). The molecule has 3 aromatic carbocycles. The Bertz CT molecular complexity index is 1570. The van der Waals surface area contributed by atoms with Crippen molar-refractivity contribution in [2.45, 2.75) is 45.0 Å². The van der Waals surface area contributed by atoms with E-state index in [1.165, 1.54) is 60.7 Å². The SMILES string of the molecule is C[C@@H]1CC2=C(S(=O)(=O)c3ccccc3)CC(S(=O)(=O)c3ccccc3)(S(=O)(=O)c3ccccc3)C[C@@H]21. The van der Waals surface area contributed by atoms with Gasteiger partial charge in [0.25, 0.3) is 0 Å². The fourth-order valence-electron chi connectivity index (χ4n) is 5.43. The van der Waals surface area contributed by atoms with Crippen molar-refractivity contribution < 1.29 is 25.3 Å². The van der Waals surface area contributed by atoms with Crippen LogP contribution in [0.4, 0.5) is 0 Å². The molecule has 0 amide bonds. The van der Waals surface area contributed by atoms with Crippen molar-refractivity contribution in [1.29, 1.82) is 0 Å². The maximum Gasteiger partial charge on any atom is 0.202 e. The molecule has 0 spiro atoms. The molecule has 1 fully saturated rings. The van der Waals surface area contributed by atoms with E-state index in [0.717, 1.165) is 0 Å². The largest absolute Gasteiger partial charge is 0.222 e. The van der Waals surface area contributed by atoms with Gasteiger partial charge in [-0.25, -0.2) is 25.3 Å². The summed E-state index contributed by atoms with van der Waals surface area (Å²) in [5, 5.41) is 0. The highest BCUT2D eigenvalue weighted by Gasteiger charge is 2.63. The van der Waals surface area contributed by atoms with Crippen LogP contribution in [0.1, 0.15) is 26.2 Å². The molecule has 2 aliphatic carbocycles. The van der Waals surface area contributed by atoms with Gasteiger partial charge in [0.1, 0.15) is 0 Å². The van der Waals surface area contributed by atoms with Crippen LogP contribution in [0.3, 0.4) is 0 Å². The van der Waals surface area contributed by atoms with Gasteiger partial charge in [-0.3, -0.25) is 0 Å². The normalized spacial score (nSPS) is 21.9. The van der Waals surface area contributed by atoms with E-state index in [1.807, 2.05) is 6.92 Å². The highest BCUT2D eigenvalue weighted by molar-refractivity contribution is 8.10. The molecule has 0 aromatic heterocycles. The zero-order chi connectivity index (χ0) is 25.8. The van der Waals surface area contributed by atoms with Gasteiger partial charge in [0, 0.05) is 6.42 Å². The monoisotopic (exact) mass is 542 g/mol. The van der Waals surface area contributed by atoms with Gasteiger partial charge in [-0.05, 0) is 61.1 Å². The Morgan fingerprint density at radius 3 is 1.47 bits per heavy atom. The molecule has 0 heterocycles. The quantitative estimate of drug-likeness (QED) is 0.443. The lowest BCUT2D eigenvalue weighted by atomic mass is 9.65. The van der Waals surface area contributed by atoms with Crippen LogP contribution >= 0.6 is 0 Å². The topological polar surface area (TPSA) is 102 Å². The van der Waals surface area contributed by atoms with Crippen molar-refractivity contribution >= 4 is 29.5 Å². The first-order valence-electron chi connectivity index (χ1n) is 11.6. The van der Waals surface area contributed by atoms with Gasteiger partial charge < -0.3 is 0 Å². The summed E-state index contributed by atoms with van der Waals surface area (Å²) in [5.41, 5.74) is 0.647. The molecule has 0 saturated heterocycles. The fraction of sp³-hybridized carbons (Fsp3) is 0.259. The van der Waals surface area contributed by atoms with Crippen LogP contribution in [-0.4, -0.2) is 29.3 Å². The van der Waals surface area contributed by atoms with Crippen LogP contribution < -0.4 is 0 Å². The number of fused-ring (bicyclic) bond motifs is 1. The van der Waals surface area contributed by atoms with Gasteiger partial charge in [0.2, 0.25) is 9.84 Å². The Labute approximate surface area is 212 Å². The number of sulfone groups is 3. The summed E-state index contributed by atoms with van der Waals surface area (Å²) in [5.74, 6) is -0.512. The molecule has 36 heavy (non-hydrogen) atoms. The molecule has 6 nitrogen and oxygen atoms in total. The minimum atomic E-state index is -4.54. The summed E-state index contributed by atoms with van der Waals surface area (Å²) in [7, 11) is -13.2. The molecule has 0 bridgehead atoms. The highest BCUT2D eigenvalue weighted by Crippen LogP contribution is 2.58. The Balaban J connectivity index is 1.81. The van der Waals surface area contributed by atoms with E-state index in [4.69, 9.17) is 0 Å². The van der Waals surface area contributed by atoms with E-state index in [2.05, 4.69) is 0 Å². The van der Waals surface area contributed by atoms with Gasteiger partial charge in [-0.2, -0.15) is 0 Å². The average molecular weight is 543 g/mol. The molecule has 188 valence electrons. The molecule has 1 saturated carbocycles. The lowest BCUT2D eigenvalue weighted by molar-refractivity contribution is 0.252. The van der Waals surface area contributed by atoms with E-state index < -0.39 is 45.9 Å². The van der Waals surface area contributed by atoms with Crippen LogP contribution in [0, 0.1) is 11.8 Å². The third-order valence-electron chi connectivity index (χ3n) is 7.46. The lowest BCUT2D eigenvalue weighted by Crippen LogP contribution is -2.54. The Hall–Kier alpha value is -2.75. The molecule has 0 radical (unpaired) electrons. The minimum absolute atomic E-state index is 0.0239. The van der Waals surface area contributed by atoms with Gasteiger partial charge in [-0.1, -0.05) is 67.1 Å². The first-order chi connectivity index (χ1) is 17.0. The first kappa shape index (κ1) is 24.9. The number of rotatable bonds is 6. The minimum Gasteiger partial charge on any atom is -0.222 e. The molecule has 2 aliphatic rings.